The molecule has 0 saturated carbocycles. The van der Waals surface area contributed by atoms with Crippen molar-refractivity contribution in [1.82, 2.24) is 0 Å². The molecule has 1 rings (SSSR count). The zero-order chi connectivity index (χ0) is 9.90. The fourth-order valence-electron chi connectivity index (χ4n) is 1.40. The van der Waals surface area contributed by atoms with Crippen molar-refractivity contribution < 1.29 is 0 Å². The molecule has 0 nitrogen and oxygen atoms in total. The van der Waals surface area contributed by atoms with Crippen LogP contribution in [-0.4, -0.2) is 0 Å². The Kier molecular flexibility index (Phi) is 6.74. The zero-order valence-corrected chi connectivity index (χ0v) is 8.86. The molecule has 0 heterocycles. The first kappa shape index (κ1) is 11.0. The van der Waals surface area contributed by atoms with E-state index in [9.17, 15) is 0 Å². The van der Waals surface area contributed by atoms with Gasteiger partial charge in [-0.3, -0.25) is 0 Å². The van der Waals surface area contributed by atoms with Gasteiger partial charge in [-0.1, -0.05) is 48.6 Å². The normalized spacial score (nSPS) is 28.6. The van der Waals surface area contributed by atoms with Crippen molar-refractivity contribution >= 4 is 0 Å². The first-order valence-electron chi connectivity index (χ1n) is 5.62. The first-order valence-corrected chi connectivity index (χ1v) is 5.62. The lowest BCUT2D eigenvalue weighted by molar-refractivity contribution is 0.983. The minimum atomic E-state index is 1.16. The molecule has 76 valence electrons. The third-order valence-corrected chi connectivity index (χ3v) is 2.22. The van der Waals surface area contributed by atoms with Crippen LogP contribution < -0.4 is 0 Å². The van der Waals surface area contributed by atoms with Crippen molar-refractivity contribution in [2.45, 2.75) is 38.5 Å². The van der Waals surface area contributed by atoms with Crippen LogP contribution in [0.4, 0.5) is 0 Å². The van der Waals surface area contributed by atoms with Crippen molar-refractivity contribution in [1.29, 1.82) is 0 Å². The van der Waals surface area contributed by atoms with Gasteiger partial charge in [-0.15, -0.1) is 0 Å². The van der Waals surface area contributed by atoms with Crippen molar-refractivity contribution in [3.05, 3.63) is 48.6 Å². The first-order chi connectivity index (χ1) is 7.00. The Hall–Kier alpha value is -1.04. The second-order valence-electron chi connectivity index (χ2n) is 3.53. The highest BCUT2D eigenvalue weighted by molar-refractivity contribution is 5.04. The fraction of sp³-hybridized carbons (Fsp3) is 0.429. The number of hydrogen-bond donors (Lipinski definition) is 0. The van der Waals surface area contributed by atoms with Crippen LogP contribution in [0.15, 0.2) is 48.6 Å². The van der Waals surface area contributed by atoms with E-state index in [4.69, 9.17) is 0 Å². The molecule has 0 aliphatic heterocycles. The molecule has 0 saturated heterocycles. The Balaban J connectivity index is 2.34. The molecular weight excluding hydrogens is 168 g/mol. The monoisotopic (exact) mass is 188 g/mol. The summed E-state index contributed by atoms with van der Waals surface area (Å²) >= 11 is 0. The zero-order valence-electron chi connectivity index (χ0n) is 8.86. The summed E-state index contributed by atoms with van der Waals surface area (Å²) in [6.45, 7) is 0. The minimum absolute atomic E-state index is 1.16. The number of rotatable bonds is 0. The fourth-order valence-corrected chi connectivity index (χ4v) is 1.40. The summed E-state index contributed by atoms with van der Waals surface area (Å²) in [6, 6.07) is 0. The van der Waals surface area contributed by atoms with Crippen molar-refractivity contribution in [2.24, 2.45) is 0 Å². The van der Waals surface area contributed by atoms with Crippen LogP contribution in [0.3, 0.4) is 0 Å². The summed E-state index contributed by atoms with van der Waals surface area (Å²) in [5, 5.41) is 0. The predicted octanol–water partition coefficient (Wildman–Crippen LogP) is 4.57. The Labute approximate surface area is 87.7 Å². The maximum absolute atomic E-state index is 2.29. The van der Waals surface area contributed by atoms with Gasteiger partial charge in [0, 0.05) is 0 Å². The lowest BCUT2D eigenvalue weighted by Crippen LogP contribution is -1.70. The maximum Gasteiger partial charge on any atom is -0.0313 e. The van der Waals surface area contributed by atoms with Crippen LogP contribution in [0.25, 0.3) is 0 Å². The largest absolute Gasteiger partial charge is 0.0882 e. The van der Waals surface area contributed by atoms with Crippen LogP contribution in [0.5, 0.6) is 0 Å². The molecule has 14 heavy (non-hydrogen) atoms. The summed E-state index contributed by atoms with van der Waals surface area (Å²) in [7, 11) is 0. The summed E-state index contributed by atoms with van der Waals surface area (Å²) in [5.74, 6) is 0. The molecule has 0 spiro atoms. The predicted molar refractivity (Wildman–Crippen MR) is 64.3 cm³/mol. The van der Waals surface area contributed by atoms with Gasteiger partial charge in [0.25, 0.3) is 0 Å². The van der Waals surface area contributed by atoms with Crippen LogP contribution in [0.2, 0.25) is 0 Å². The van der Waals surface area contributed by atoms with Crippen LogP contribution >= 0.6 is 0 Å². The van der Waals surface area contributed by atoms with Crippen molar-refractivity contribution in [3.63, 3.8) is 0 Å². The molecule has 1 aliphatic rings. The third-order valence-electron chi connectivity index (χ3n) is 2.22. The molecule has 0 aromatic heterocycles. The standard InChI is InChI=1S/C14H20/c1-2-4-6-8-10-12-14-13-11-9-7-5-3-1/h1-4,9-12H,5-8,13-14H2/b3-1-,4-2+,11-9-,12-10-. The molecular formula is C14H20. The Morgan fingerprint density at radius 3 is 1.00 bits per heavy atom. The maximum atomic E-state index is 2.29. The number of hydrogen-bond acceptors (Lipinski definition) is 0. The lowest BCUT2D eigenvalue weighted by atomic mass is 10.2. The van der Waals surface area contributed by atoms with Gasteiger partial charge in [0.15, 0.2) is 0 Å². The van der Waals surface area contributed by atoms with Gasteiger partial charge >= 0.3 is 0 Å². The second-order valence-corrected chi connectivity index (χ2v) is 3.53. The number of allylic oxidation sites excluding steroid dienone is 8. The summed E-state index contributed by atoms with van der Waals surface area (Å²) in [4.78, 5) is 0. The van der Waals surface area contributed by atoms with Gasteiger partial charge < -0.3 is 0 Å². The molecule has 0 N–H and O–H groups in total. The van der Waals surface area contributed by atoms with Gasteiger partial charge in [0.1, 0.15) is 0 Å². The summed E-state index contributed by atoms with van der Waals surface area (Å²) < 4.78 is 0. The molecule has 0 heteroatoms. The molecule has 0 unspecified atom stereocenters. The van der Waals surface area contributed by atoms with Gasteiger partial charge in [0.2, 0.25) is 0 Å². The molecule has 0 atom stereocenters. The van der Waals surface area contributed by atoms with Gasteiger partial charge in [0.05, 0.1) is 0 Å². The van der Waals surface area contributed by atoms with Crippen LogP contribution in [0.1, 0.15) is 38.5 Å². The van der Waals surface area contributed by atoms with E-state index < -0.39 is 0 Å². The van der Waals surface area contributed by atoms with Gasteiger partial charge in [-0.25, -0.2) is 0 Å². The smallest absolute Gasteiger partial charge is 0.0313 e. The van der Waals surface area contributed by atoms with E-state index in [-0.39, 0.29) is 0 Å². The Bertz CT molecular complexity index is 202. The van der Waals surface area contributed by atoms with E-state index in [1.54, 1.807) is 0 Å². The van der Waals surface area contributed by atoms with E-state index in [0.717, 1.165) is 12.8 Å². The van der Waals surface area contributed by atoms with Crippen LogP contribution in [-0.2, 0) is 0 Å². The molecule has 0 radical (unpaired) electrons. The summed E-state index contributed by atoms with van der Waals surface area (Å²) in [5.41, 5.74) is 0. The Morgan fingerprint density at radius 2 is 0.643 bits per heavy atom. The van der Waals surface area contributed by atoms with E-state index in [1.807, 2.05) is 0 Å². The lowest BCUT2D eigenvalue weighted by Gasteiger charge is -1.90. The van der Waals surface area contributed by atoms with Crippen molar-refractivity contribution in [3.8, 4) is 0 Å². The molecule has 1 aliphatic carbocycles. The van der Waals surface area contributed by atoms with Crippen LogP contribution in [0, 0.1) is 0 Å². The van der Waals surface area contributed by atoms with E-state index in [2.05, 4.69) is 48.6 Å². The highest BCUT2D eigenvalue weighted by atomic mass is 13.9. The topological polar surface area (TPSA) is 0 Å². The average molecular weight is 188 g/mol. The molecule has 0 bridgehead atoms. The molecule has 0 fully saturated rings. The highest BCUT2D eigenvalue weighted by Gasteiger charge is 1.80. The highest BCUT2D eigenvalue weighted by Crippen LogP contribution is 2.01. The van der Waals surface area contributed by atoms with Gasteiger partial charge in [-0.05, 0) is 38.5 Å². The van der Waals surface area contributed by atoms with Gasteiger partial charge in [-0.2, -0.15) is 0 Å². The third kappa shape index (κ3) is 6.47. The summed E-state index contributed by atoms with van der Waals surface area (Å²) in [6.07, 6.45) is 25.0. The van der Waals surface area contributed by atoms with E-state index in [0.29, 0.717) is 0 Å². The Morgan fingerprint density at radius 1 is 0.357 bits per heavy atom. The van der Waals surface area contributed by atoms with E-state index >= 15 is 0 Å². The quantitative estimate of drug-likeness (QED) is 0.489. The van der Waals surface area contributed by atoms with Crippen molar-refractivity contribution in [2.75, 3.05) is 0 Å². The van der Waals surface area contributed by atoms with E-state index in [1.165, 1.54) is 25.7 Å². The average Bonchev–Trinajstić information content (AvgIpc) is 2.22. The molecule has 0 aromatic carbocycles. The minimum Gasteiger partial charge on any atom is -0.0882 e. The second kappa shape index (κ2) is 8.55. The molecule has 0 aromatic rings. The SMILES string of the molecule is C1=C\CC/C=C\CC/C=C\CC/C=C/1. The molecule has 0 amide bonds.